The zero-order valence-electron chi connectivity index (χ0n) is 3.03. The van der Waals surface area contributed by atoms with E-state index in [4.69, 9.17) is 34.8 Å². The summed E-state index contributed by atoms with van der Waals surface area (Å²) in [6.07, 6.45) is 0. The molecule has 0 saturated carbocycles. The van der Waals surface area contributed by atoms with Crippen LogP contribution in [0.1, 0.15) is 0 Å². The molecule has 0 aromatic heterocycles. The highest BCUT2D eigenvalue weighted by atomic mass is 35.5. The van der Waals surface area contributed by atoms with Crippen LogP contribution in [0.5, 0.6) is 0 Å². The van der Waals surface area contributed by atoms with Crippen LogP contribution < -0.4 is 0 Å². The molecule has 0 radical (unpaired) electrons. The Labute approximate surface area is 55.2 Å². The zero-order chi connectivity index (χ0) is 5.49. The Morgan fingerprint density at radius 1 is 1.43 bits per heavy atom. The molecular formula is C2HCl3O2. The van der Waals surface area contributed by atoms with Gasteiger partial charge >= 0.3 is 0 Å². The predicted octanol–water partition coefficient (Wildman–Crippen LogP) is 1.64. The molecule has 1 fully saturated rings. The van der Waals surface area contributed by atoms with Gasteiger partial charge in [-0.2, -0.15) is 4.89 Å². The van der Waals surface area contributed by atoms with Crippen molar-refractivity contribution in [3.8, 4) is 0 Å². The number of rotatable bonds is 0. The second-order valence-electron chi connectivity index (χ2n) is 1.06. The molecule has 5 heteroatoms. The summed E-state index contributed by atoms with van der Waals surface area (Å²) in [4.78, 5) is 8.28. The van der Waals surface area contributed by atoms with E-state index in [0.29, 0.717) is 0 Å². The molecule has 0 amide bonds. The van der Waals surface area contributed by atoms with E-state index in [1.54, 1.807) is 0 Å². The van der Waals surface area contributed by atoms with Crippen LogP contribution in [0.25, 0.3) is 0 Å². The third kappa shape index (κ3) is 0.952. The molecule has 42 valence electrons. The predicted molar refractivity (Wildman–Crippen MR) is 26.2 cm³/mol. The maximum absolute atomic E-state index is 5.24. The van der Waals surface area contributed by atoms with Gasteiger partial charge in [-0.05, 0) is 0 Å². The lowest BCUT2D eigenvalue weighted by Crippen LogP contribution is -2.43. The Morgan fingerprint density at radius 3 is 1.86 bits per heavy atom. The maximum Gasteiger partial charge on any atom is 0.293 e. The van der Waals surface area contributed by atoms with Crippen LogP contribution in [0.4, 0.5) is 0 Å². The van der Waals surface area contributed by atoms with Gasteiger partial charge in [0.15, 0.2) is 0 Å². The van der Waals surface area contributed by atoms with Crippen LogP contribution in [0.3, 0.4) is 0 Å². The molecule has 1 aliphatic heterocycles. The molecule has 1 unspecified atom stereocenters. The number of halogens is 3. The third-order valence-corrected chi connectivity index (χ3v) is 1.63. The van der Waals surface area contributed by atoms with Gasteiger partial charge in [0.2, 0.25) is 5.56 Å². The topological polar surface area (TPSA) is 18.5 Å². The summed E-state index contributed by atoms with van der Waals surface area (Å²) in [5.41, 5.74) is -0.740. The zero-order valence-corrected chi connectivity index (χ0v) is 5.30. The van der Waals surface area contributed by atoms with Gasteiger partial charge in [0.1, 0.15) is 0 Å². The Balaban J connectivity index is 2.43. The van der Waals surface area contributed by atoms with Crippen molar-refractivity contribution in [1.29, 1.82) is 0 Å². The van der Waals surface area contributed by atoms with Crippen molar-refractivity contribution in [1.82, 2.24) is 0 Å². The van der Waals surface area contributed by atoms with E-state index in [1.165, 1.54) is 0 Å². The number of hydrogen-bond acceptors (Lipinski definition) is 2. The molecule has 0 aromatic carbocycles. The first-order chi connectivity index (χ1) is 3.13. The van der Waals surface area contributed by atoms with Gasteiger partial charge in [-0.25, -0.2) is 4.89 Å². The van der Waals surface area contributed by atoms with Gasteiger partial charge in [0.05, 0.1) is 0 Å². The van der Waals surface area contributed by atoms with Crippen LogP contribution in [-0.2, 0) is 9.78 Å². The standard InChI is InChI=1S/C2HCl3O2/c3-1-2(4,5)7-6-1/h1H. The van der Waals surface area contributed by atoms with Crippen molar-refractivity contribution < 1.29 is 9.78 Å². The first-order valence-corrected chi connectivity index (χ1v) is 2.68. The first-order valence-electron chi connectivity index (χ1n) is 1.49. The molecule has 7 heavy (non-hydrogen) atoms. The minimum atomic E-state index is -1.33. The first kappa shape index (κ1) is 5.92. The SMILES string of the molecule is ClC1OOC1(Cl)Cl. The van der Waals surface area contributed by atoms with Gasteiger partial charge in [-0.15, -0.1) is 0 Å². The van der Waals surface area contributed by atoms with Gasteiger partial charge in [0, 0.05) is 0 Å². The molecule has 0 N–H and O–H groups in total. The second-order valence-corrected chi connectivity index (χ2v) is 2.77. The minimum Gasteiger partial charge on any atom is -0.208 e. The Morgan fingerprint density at radius 2 is 1.86 bits per heavy atom. The average molecular weight is 163 g/mol. The van der Waals surface area contributed by atoms with E-state index >= 15 is 0 Å². The molecule has 0 spiro atoms. The van der Waals surface area contributed by atoms with Crippen molar-refractivity contribution in [2.24, 2.45) is 0 Å². The highest BCUT2D eigenvalue weighted by Crippen LogP contribution is 2.40. The van der Waals surface area contributed by atoms with Crippen LogP contribution in [-0.4, -0.2) is 10.1 Å². The fourth-order valence-electron chi connectivity index (χ4n) is 0.157. The van der Waals surface area contributed by atoms with Crippen molar-refractivity contribution in [2.75, 3.05) is 0 Å². The molecule has 1 atom stereocenters. The largest absolute Gasteiger partial charge is 0.293 e. The molecule has 1 heterocycles. The van der Waals surface area contributed by atoms with E-state index in [0.717, 1.165) is 0 Å². The van der Waals surface area contributed by atoms with Gasteiger partial charge < -0.3 is 0 Å². The quantitative estimate of drug-likeness (QED) is 0.399. The van der Waals surface area contributed by atoms with Gasteiger partial charge in [-0.3, -0.25) is 0 Å². The molecule has 1 aliphatic rings. The number of hydrogen-bond donors (Lipinski definition) is 0. The Kier molecular flexibility index (Phi) is 1.38. The van der Waals surface area contributed by atoms with E-state index in [2.05, 4.69) is 9.78 Å². The lowest BCUT2D eigenvalue weighted by atomic mass is 10.7. The summed E-state index contributed by atoms with van der Waals surface area (Å²) >= 11 is 15.7. The van der Waals surface area contributed by atoms with Crippen molar-refractivity contribution in [2.45, 2.75) is 10.1 Å². The fourth-order valence-corrected chi connectivity index (χ4v) is 0.375. The van der Waals surface area contributed by atoms with Crippen molar-refractivity contribution in [3.63, 3.8) is 0 Å². The maximum atomic E-state index is 5.24. The van der Waals surface area contributed by atoms with Gasteiger partial charge in [-0.1, -0.05) is 34.8 Å². The molecule has 1 saturated heterocycles. The summed E-state index contributed by atoms with van der Waals surface area (Å²) in [5, 5.41) is 0. The van der Waals surface area contributed by atoms with E-state index in [9.17, 15) is 0 Å². The molecule has 1 rings (SSSR count). The Hall–Kier alpha value is 0.790. The van der Waals surface area contributed by atoms with Crippen LogP contribution >= 0.6 is 34.8 Å². The smallest absolute Gasteiger partial charge is 0.208 e. The minimum absolute atomic E-state index is 0.740. The summed E-state index contributed by atoms with van der Waals surface area (Å²) in [7, 11) is 0. The summed E-state index contributed by atoms with van der Waals surface area (Å²) in [6.45, 7) is 0. The van der Waals surface area contributed by atoms with Crippen molar-refractivity contribution >= 4 is 34.8 Å². The molecule has 0 aromatic rings. The molecule has 0 aliphatic carbocycles. The normalized spacial score (nSPS) is 37.3. The third-order valence-electron chi connectivity index (χ3n) is 0.508. The van der Waals surface area contributed by atoms with E-state index in [-0.39, 0.29) is 0 Å². The summed E-state index contributed by atoms with van der Waals surface area (Å²) < 4.78 is -1.33. The lowest BCUT2D eigenvalue weighted by Gasteiger charge is -2.31. The van der Waals surface area contributed by atoms with Crippen LogP contribution in [0.2, 0.25) is 0 Å². The van der Waals surface area contributed by atoms with E-state index < -0.39 is 10.1 Å². The van der Waals surface area contributed by atoms with Gasteiger partial charge in [0.25, 0.3) is 4.52 Å². The van der Waals surface area contributed by atoms with Crippen LogP contribution in [0.15, 0.2) is 0 Å². The second kappa shape index (κ2) is 1.64. The molecular weight excluding hydrogens is 162 g/mol. The molecule has 0 bridgehead atoms. The average Bonchev–Trinajstić information content (AvgIpc) is 1.63. The van der Waals surface area contributed by atoms with Crippen LogP contribution in [0, 0.1) is 0 Å². The highest BCUT2D eigenvalue weighted by Gasteiger charge is 2.47. The monoisotopic (exact) mass is 162 g/mol. The summed E-state index contributed by atoms with van der Waals surface area (Å²) in [5.74, 6) is 0. The van der Waals surface area contributed by atoms with Crippen molar-refractivity contribution in [3.05, 3.63) is 0 Å². The summed E-state index contributed by atoms with van der Waals surface area (Å²) in [6, 6.07) is 0. The van der Waals surface area contributed by atoms with E-state index in [1.807, 2.05) is 0 Å². The Bertz CT molecular complexity index is 83.0. The lowest BCUT2D eigenvalue weighted by molar-refractivity contribution is -0.434. The molecule has 2 nitrogen and oxygen atoms in total. The highest BCUT2D eigenvalue weighted by molar-refractivity contribution is 6.51. The number of alkyl halides is 3. The fraction of sp³-hybridized carbons (Fsp3) is 1.00.